The van der Waals surface area contributed by atoms with Crippen LogP contribution in [0.1, 0.15) is 84.1 Å². The number of carbonyl (C=O) groups is 2. The summed E-state index contributed by atoms with van der Waals surface area (Å²) >= 11 is 0. The molecule has 7 heteroatoms. The highest BCUT2D eigenvalue weighted by atomic mass is 19.1. The van der Waals surface area contributed by atoms with E-state index in [1.165, 1.54) is 6.08 Å². The third kappa shape index (κ3) is 7.13. The SMILES string of the molecule is CC1=C(NC(=O)C(C)(C)CCCCCCOC2=CC(F)=C(c3ccncc3)CC2)CCC(C#N)C1=O. The molecular formula is C29H36FN3O3. The van der Waals surface area contributed by atoms with Crippen LogP contribution in [0, 0.1) is 22.7 Å². The maximum atomic E-state index is 14.5. The Labute approximate surface area is 213 Å². The largest absolute Gasteiger partial charge is 0.498 e. The molecule has 3 rings (SSSR count). The van der Waals surface area contributed by atoms with Crippen LogP contribution >= 0.6 is 0 Å². The normalized spacial score (nSPS) is 18.6. The lowest BCUT2D eigenvalue weighted by atomic mass is 9.84. The number of Topliss-reactive ketones (excluding diaryl/α,β-unsaturated/α-hetero) is 1. The molecule has 192 valence electrons. The van der Waals surface area contributed by atoms with E-state index in [2.05, 4.69) is 10.3 Å². The number of carbonyl (C=O) groups excluding carboxylic acids is 2. The second-order valence-corrected chi connectivity index (χ2v) is 10.2. The molecular weight excluding hydrogens is 457 g/mol. The number of nitriles is 1. The molecule has 6 nitrogen and oxygen atoms in total. The number of amides is 1. The number of aromatic nitrogens is 1. The summed E-state index contributed by atoms with van der Waals surface area (Å²) in [6.45, 7) is 6.08. The Morgan fingerprint density at radius 1 is 1.19 bits per heavy atom. The van der Waals surface area contributed by atoms with Crippen molar-refractivity contribution in [2.24, 2.45) is 11.3 Å². The fourth-order valence-electron chi connectivity index (χ4n) is 4.56. The molecule has 36 heavy (non-hydrogen) atoms. The fourth-order valence-corrected chi connectivity index (χ4v) is 4.56. The van der Waals surface area contributed by atoms with Crippen LogP contribution in [0.25, 0.3) is 5.57 Å². The van der Waals surface area contributed by atoms with Gasteiger partial charge in [0, 0.05) is 41.6 Å². The van der Waals surface area contributed by atoms with Gasteiger partial charge in [-0.1, -0.05) is 33.1 Å². The van der Waals surface area contributed by atoms with Crippen LogP contribution in [0.15, 0.2) is 53.5 Å². The van der Waals surface area contributed by atoms with Gasteiger partial charge in [0.15, 0.2) is 5.78 Å². The van der Waals surface area contributed by atoms with Gasteiger partial charge in [0.05, 0.1) is 18.4 Å². The zero-order valence-electron chi connectivity index (χ0n) is 21.5. The van der Waals surface area contributed by atoms with Crippen LogP contribution in [-0.2, 0) is 14.3 Å². The van der Waals surface area contributed by atoms with E-state index in [9.17, 15) is 14.0 Å². The second kappa shape index (κ2) is 12.6. The molecule has 1 aromatic heterocycles. The van der Waals surface area contributed by atoms with Crippen LogP contribution in [-0.4, -0.2) is 23.3 Å². The third-order valence-electron chi connectivity index (χ3n) is 7.07. The maximum absolute atomic E-state index is 14.5. The summed E-state index contributed by atoms with van der Waals surface area (Å²) in [7, 11) is 0. The first-order chi connectivity index (χ1) is 17.2. The molecule has 0 aromatic carbocycles. The number of rotatable bonds is 11. The number of halogens is 1. The second-order valence-electron chi connectivity index (χ2n) is 10.2. The van der Waals surface area contributed by atoms with Crippen molar-refractivity contribution in [3.8, 4) is 6.07 Å². The predicted molar refractivity (Wildman–Crippen MR) is 137 cm³/mol. The zero-order valence-corrected chi connectivity index (χ0v) is 21.5. The molecule has 1 unspecified atom stereocenters. The summed E-state index contributed by atoms with van der Waals surface area (Å²) in [5.74, 6) is -0.423. The first kappa shape index (κ1) is 27.3. The Morgan fingerprint density at radius 2 is 1.92 bits per heavy atom. The maximum Gasteiger partial charge on any atom is 0.229 e. The van der Waals surface area contributed by atoms with Crippen LogP contribution in [0.5, 0.6) is 0 Å². The molecule has 0 saturated heterocycles. The molecule has 2 aliphatic carbocycles. The highest BCUT2D eigenvalue weighted by molar-refractivity contribution is 6.00. The number of nitrogens with one attached hydrogen (secondary N) is 1. The number of hydrogen-bond acceptors (Lipinski definition) is 5. The lowest BCUT2D eigenvalue weighted by Crippen LogP contribution is -2.38. The number of ketones is 1. The molecule has 0 saturated carbocycles. The summed E-state index contributed by atoms with van der Waals surface area (Å²) < 4.78 is 20.3. The Morgan fingerprint density at radius 3 is 2.61 bits per heavy atom. The molecule has 2 aliphatic rings. The van der Waals surface area contributed by atoms with Crippen LogP contribution < -0.4 is 5.32 Å². The van der Waals surface area contributed by atoms with Gasteiger partial charge in [0.25, 0.3) is 0 Å². The smallest absolute Gasteiger partial charge is 0.229 e. The third-order valence-corrected chi connectivity index (χ3v) is 7.07. The first-order valence-corrected chi connectivity index (χ1v) is 12.8. The van der Waals surface area contributed by atoms with E-state index in [0.717, 1.165) is 37.7 Å². The van der Waals surface area contributed by atoms with Crippen molar-refractivity contribution >= 4 is 17.3 Å². The van der Waals surface area contributed by atoms with E-state index in [1.54, 1.807) is 19.3 Å². The zero-order chi connectivity index (χ0) is 26.1. The van der Waals surface area contributed by atoms with Gasteiger partial charge in [-0.2, -0.15) is 5.26 Å². The summed E-state index contributed by atoms with van der Waals surface area (Å²) in [5, 5.41) is 12.0. The predicted octanol–water partition coefficient (Wildman–Crippen LogP) is 6.33. The number of unbranched alkanes of at least 4 members (excludes halogenated alkanes) is 3. The van der Waals surface area contributed by atoms with Crippen LogP contribution in [0.2, 0.25) is 0 Å². The van der Waals surface area contributed by atoms with Gasteiger partial charge >= 0.3 is 0 Å². The molecule has 1 aromatic rings. The number of ether oxygens (including phenoxy) is 1. The monoisotopic (exact) mass is 493 g/mol. The van der Waals surface area contributed by atoms with Crippen LogP contribution in [0.4, 0.5) is 4.39 Å². The molecule has 1 atom stereocenters. The molecule has 0 aliphatic heterocycles. The average Bonchev–Trinajstić information content (AvgIpc) is 2.87. The van der Waals surface area contributed by atoms with Crippen molar-refractivity contribution in [3.05, 3.63) is 59.0 Å². The Kier molecular flexibility index (Phi) is 9.58. The quantitative estimate of drug-likeness (QED) is 0.364. The number of pyridine rings is 1. The van der Waals surface area contributed by atoms with Gasteiger partial charge in [0.1, 0.15) is 11.7 Å². The highest BCUT2D eigenvalue weighted by Crippen LogP contribution is 2.33. The van der Waals surface area contributed by atoms with E-state index in [4.69, 9.17) is 10.00 Å². The minimum absolute atomic E-state index is 0.0890. The molecule has 1 N–H and O–H groups in total. The Bertz CT molecular complexity index is 1100. The summed E-state index contributed by atoms with van der Waals surface area (Å²) in [6.07, 6.45) is 11.6. The fraction of sp³-hybridized carbons (Fsp3) is 0.517. The van der Waals surface area contributed by atoms with Gasteiger partial charge in [-0.15, -0.1) is 0 Å². The lowest BCUT2D eigenvalue weighted by molar-refractivity contribution is -0.129. The summed E-state index contributed by atoms with van der Waals surface area (Å²) in [5.41, 5.74) is 2.15. The van der Waals surface area contributed by atoms with Gasteiger partial charge in [-0.25, -0.2) is 4.39 Å². The molecule has 0 spiro atoms. The number of nitrogens with zero attached hydrogens (tertiary/aromatic N) is 2. The van der Waals surface area contributed by atoms with Gasteiger partial charge in [-0.3, -0.25) is 14.6 Å². The molecule has 0 bridgehead atoms. The van der Waals surface area contributed by atoms with E-state index >= 15 is 0 Å². The summed E-state index contributed by atoms with van der Waals surface area (Å²) in [6, 6.07) is 5.67. The van der Waals surface area contributed by atoms with E-state index < -0.39 is 11.3 Å². The van der Waals surface area contributed by atoms with Crippen molar-refractivity contribution in [2.45, 2.75) is 78.6 Å². The Hall–Kier alpha value is -3.27. The molecule has 1 heterocycles. The minimum Gasteiger partial charge on any atom is -0.498 e. The van der Waals surface area contributed by atoms with Crippen molar-refractivity contribution in [3.63, 3.8) is 0 Å². The van der Waals surface area contributed by atoms with Crippen molar-refractivity contribution in [1.82, 2.24) is 10.3 Å². The van der Waals surface area contributed by atoms with E-state index in [1.807, 2.05) is 32.0 Å². The number of allylic oxidation sites excluding steroid dienone is 6. The van der Waals surface area contributed by atoms with Crippen LogP contribution in [0.3, 0.4) is 0 Å². The lowest BCUT2D eigenvalue weighted by Gasteiger charge is -2.27. The van der Waals surface area contributed by atoms with Crippen molar-refractivity contribution in [1.29, 1.82) is 5.26 Å². The van der Waals surface area contributed by atoms with Gasteiger partial charge < -0.3 is 10.1 Å². The highest BCUT2D eigenvalue weighted by Gasteiger charge is 2.32. The number of hydrogen-bond donors (Lipinski definition) is 1. The van der Waals surface area contributed by atoms with Gasteiger partial charge in [-0.05, 0) is 62.3 Å². The summed E-state index contributed by atoms with van der Waals surface area (Å²) in [4.78, 5) is 29.0. The van der Waals surface area contributed by atoms with Crippen molar-refractivity contribution < 1.29 is 18.7 Å². The Balaban J connectivity index is 1.35. The molecule has 0 fully saturated rings. The first-order valence-electron chi connectivity index (χ1n) is 12.8. The van der Waals surface area contributed by atoms with Gasteiger partial charge in [0.2, 0.25) is 5.91 Å². The molecule has 0 radical (unpaired) electrons. The molecule has 1 amide bonds. The minimum atomic E-state index is -0.600. The topological polar surface area (TPSA) is 92.1 Å². The van der Waals surface area contributed by atoms with E-state index in [0.29, 0.717) is 54.9 Å². The van der Waals surface area contributed by atoms with Crippen molar-refractivity contribution in [2.75, 3.05) is 6.61 Å². The average molecular weight is 494 g/mol. The standard InChI is InChI=1S/C29H36FN3O3/c1-20-26(11-8-22(19-31)27(20)34)33-28(35)29(2,3)14-6-4-5-7-17-36-23-9-10-24(25(30)18-23)21-12-15-32-16-13-21/h12-13,15-16,18,22H,4-11,14,17H2,1-3H3,(H,33,35). The van der Waals surface area contributed by atoms with E-state index in [-0.39, 0.29) is 17.5 Å².